The predicted octanol–water partition coefficient (Wildman–Crippen LogP) is 2.91. The normalized spacial score (nSPS) is 11.5. The maximum absolute atomic E-state index is 13.6. The first-order valence-electron chi connectivity index (χ1n) is 6.66. The van der Waals surface area contributed by atoms with Crippen molar-refractivity contribution in [3.63, 3.8) is 0 Å². The first-order chi connectivity index (χ1) is 11.3. The molecule has 0 saturated heterocycles. The monoisotopic (exact) mass is 372 g/mol. The molecule has 1 N–H and O–H groups in total. The number of hydrogen-bond donors (Lipinski definition) is 1. The SMILES string of the molecule is CON(C)S(=O)(=O)c1cc(C(=O)Nc2ccccc2F)ccc1Cl. The summed E-state index contributed by atoms with van der Waals surface area (Å²) in [6, 6.07) is 9.34. The van der Waals surface area contributed by atoms with Crippen molar-refractivity contribution in [2.24, 2.45) is 0 Å². The van der Waals surface area contributed by atoms with Gasteiger partial charge in [-0.25, -0.2) is 12.8 Å². The molecule has 0 aliphatic carbocycles. The van der Waals surface area contributed by atoms with Crippen LogP contribution in [0.25, 0.3) is 0 Å². The van der Waals surface area contributed by atoms with Gasteiger partial charge in [-0.05, 0) is 30.3 Å². The third-order valence-electron chi connectivity index (χ3n) is 3.19. The number of hydrogen-bond acceptors (Lipinski definition) is 4. The molecule has 1 amide bonds. The summed E-state index contributed by atoms with van der Waals surface area (Å²) in [4.78, 5) is 16.6. The molecule has 0 spiro atoms. The van der Waals surface area contributed by atoms with Gasteiger partial charge in [0.05, 0.1) is 17.8 Å². The van der Waals surface area contributed by atoms with Gasteiger partial charge in [0, 0.05) is 12.6 Å². The minimum atomic E-state index is -4.03. The van der Waals surface area contributed by atoms with E-state index < -0.39 is 21.7 Å². The summed E-state index contributed by atoms with van der Waals surface area (Å²) in [5.74, 6) is -1.28. The second-order valence-corrected chi connectivity index (χ2v) is 6.99. The molecular weight excluding hydrogens is 359 g/mol. The lowest BCUT2D eigenvalue weighted by Crippen LogP contribution is -2.26. The summed E-state index contributed by atoms with van der Waals surface area (Å²) < 4.78 is 38.8. The number of para-hydroxylation sites is 1. The smallest absolute Gasteiger partial charge is 0.266 e. The van der Waals surface area contributed by atoms with Gasteiger partial charge in [-0.15, -0.1) is 0 Å². The molecule has 9 heteroatoms. The van der Waals surface area contributed by atoms with Crippen molar-refractivity contribution >= 4 is 33.2 Å². The standard InChI is InChI=1S/C15H14ClFN2O4S/c1-19(23-2)24(21,22)14-9-10(7-8-11(14)16)15(20)18-13-6-4-3-5-12(13)17/h3-9H,1-2H3,(H,18,20). The molecule has 0 saturated carbocycles. The van der Waals surface area contributed by atoms with Crippen LogP contribution in [0.15, 0.2) is 47.4 Å². The molecule has 0 aliphatic heterocycles. The number of nitrogens with zero attached hydrogens (tertiary/aromatic N) is 1. The van der Waals surface area contributed by atoms with Crippen LogP contribution in [-0.4, -0.2) is 33.0 Å². The van der Waals surface area contributed by atoms with E-state index in [1.54, 1.807) is 6.07 Å². The zero-order chi connectivity index (χ0) is 17.9. The number of nitrogens with one attached hydrogen (secondary N) is 1. The van der Waals surface area contributed by atoms with Crippen molar-refractivity contribution in [3.8, 4) is 0 Å². The predicted molar refractivity (Wildman–Crippen MR) is 87.8 cm³/mol. The van der Waals surface area contributed by atoms with Gasteiger partial charge in [-0.1, -0.05) is 28.2 Å². The maximum atomic E-state index is 13.6. The summed E-state index contributed by atoms with van der Waals surface area (Å²) in [5.41, 5.74) is -0.0124. The molecule has 2 aromatic carbocycles. The Morgan fingerprint density at radius 1 is 1.25 bits per heavy atom. The van der Waals surface area contributed by atoms with E-state index >= 15 is 0 Å². The molecule has 0 atom stereocenters. The number of anilines is 1. The fourth-order valence-electron chi connectivity index (χ4n) is 1.84. The van der Waals surface area contributed by atoms with Crippen LogP contribution >= 0.6 is 11.6 Å². The lowest BCUT2D eigenvalue weighted by molar-refractivity contribution is -0.0258. The molecule has 0 heterocycles. The maximum Gasteiger partial charge on any atom is 0.266 e. The number of benzene rings is 2. The summed E-state index contributed by atoms with van der Waals surface area (Å²) in [6.07, 6.45) is 0. The van der Waals surface area contributed by atoms with E-state index in [1.807, 2.05) is 0 Å². The minimum absolute atomic E-state index is 0.00531. The van der Waals surface area contributed by atoms with Gasteiger partial charge >= 0.3 is 0 Å². The molecule has 0 unspecified atom stereocenters. The van der Waals surface area contributed by atoms with Crippen molar-refractivity contribution in [1.82, 2.24) is 4.47 Å². The molecule has 0 bridgehead atoms. The second kappa shape index (κ2) is 7.27. The van der Waals surface area contributed by atoms with Crippen LogP contribution in [0.4, 0.5) is 10.1 Å². The Balaban J connectivity index is 2.38. The highest BCUT2D eigenvalue weighted by Gasteiger charge is 2.25. The summed E-state index contributed by atoms with van der Waals surface area (Å²) in [7, 11) is -1.66. The van der Waals surface area contributed by atoms with Crippen LogP contribution in [-0.2, 0) is 14.9 Å². The van der Waals surface area contributed by atoms with Gasteiger partial charge in [0.1, 0.15) is 10.7 Å². The number of carbonyl (C=O) groups is 1. The second-order valence-electron chi connectivity index (χ2n) is 4.68. The van der Waals surface area contributed by atoms with Crippen molar-refractivity contribution in [2.45, 2.75) is 4.90 Å². The molecule has 0 fully saturated rings. The van der Waals surface area contributed by atoms with Gasteiger partial charge in [0.2, 0.25) is 0 Å². The van der Waals surface area contributed by atoms with E-state index in [1.165, 1.54) is 44.5 Å². The van der Waals surface area contributed by atoms with E-state index in [4.69, 9.17) is 11.6 Å². The van der Waals surface area contributed by atoms with Crippen molar-refractivity contribution in [3.05, 3.63) is 58.9 Å². The molecule has 0 radical (unpaired) electrons. The van der Waals surface area contributed by atoms with Crippen molar-refractivity contribution in [1.29, 1.82) is 0 Å². The third-order valence-corrected chi connectivity index (χ3v) is 5.35. The molecule has 2 aromatic rings. The van der Waals surface area contributed by atoms with Crippen LogP contribution in [0.1, 0.15) is 10.4 Å². The van der Waals surface area contributed by atoms with Crippen LogP contribution in [0.3, 0.4) is 0 Å². The largest absolute Gasteiger partial charge is 0.319 e. The molecule has 2 rings (SSSR count). The van der Waals surface area contributed by atoms with E-state index in [2.05, 4.69) is 10.2 Å². The topological polar surface area (TPSA) is 75.7 Å². The third kappa shape index (κ3) is 3.73. The van der Waals surface area contributed by atoms with Crippen molar-refractivity contribution < 1.29 is 22.4 Å². The Morgan fingerprint density at radius 2 is 1.92 bits per heavy atom. The highest BCUT2D eigenvalue weighted by atomic mass is 35.5. The Morgan fingerprint density at radius 3 is 2.54 bits per heavy atom. The number of carbonyl (C=O) groups excluding carboxylic acids is 1. The Bertz CT molecular complexity index is 874. The van der Waals surface area contributed by atoms with Gasteiger partial charge in [-0.2, -0.15) is 0 Å². The number of rotatable bonds is 5. The fraction of sp³-hybridized carbons (Fsp3) is 0.133. The highest BCUT2D eigenvalue weighted by Crippen LogP contribution is 2.26. The number of sulfonamides is 1. The van der Waals surface area contributed by atoms with E-state index in [0.717, 1.165) is 6.07 Å². The Hall–Kier alpha value is -2.00. The van der Waals surface area contributed by atoms with Crippen LogP contribution in [0, 0.1) is 5.82 Å². The minimum Gasteiger partial charge on any atom is -0.319 e. The molecule has 0 aliphatic rings. The van der Waals surface area contributed by atoms with Gasteiger partial charge in [0.25, 0.3) is 15.9 Å². The number of amides is 1. The van der Waals surface area contributed by atoms with Crippen molar-refractivity contribution in [2.75, 3.05) is 19.5 Å². The summed E-state index contributed by atoms with van der Waals surface area (Å²) in [6.45, 7) is 0. The van der Waals surface area contributed by atoms with Crippen LogP contribution in [0.2, 0.25) is 5.02 Å². The first kappa shape index (κ1) is 18.3. The average molecular weight is 373 g/mol. The summed E-state index contributed by atoms with van der Waals surface area (Å²) >= 11 is 5.92. The van der Waals surface area contributed by atoms with Crippen LogP contribution in [0.5, 0.6) is 0 Å². The number of halogens is 2. The average Bonchev–Trinajstić information content (AvgIpc) is 2.56. The molecule has 128 valence electrons. The number of hydroxylamine groups is 1. The first-order valence-corrected chi connectivity index (χ1v) is 8.47. The molecular formula is C15H14ClFN2O4S. The van der Waals surface area contributed by atoms with Crippen LogP contribution < -0.4 is 5.32 Å². The van der Waals surface area contributed by atoms with E-state index in [-0.39, 0.29) is 21.2 Å². The quantitative estimate of drug-likeness (QED) is 0.819. The van der Waals surface area contributed by atoms with Gasteiger partial charge in [0.15, 0.2) is 0 Å². The Kier molecular flexibility index (Phi) is 5.55. The van der Waals surface area contributed by atoms with E-state index in [9.17, 15) is 17.6 Å². The van der Waals surface area contributed by atoms with Gasteiger partial charge < -0.3 is 5.32 Å². The highest BCUT2D eigenvalue weighted by molar-refractivity contribution is 7.89. The lowest BCUT2D eigenvalue weighted by Gasteiger charge is -2.16. The molecule has 6 nitrogen and oxygen atoms in total. The fourth-order valence-corrected chi connectivity index (χ4v) is 3.31. The molecule has 24 heavy (non-hydrogen) atoms. The Labute approximate surface area is 143 Å². The zero-order valence-electron chi connectivity index (χ0n) is 12.8. The van der Waals surface area contributed by atoms with E-state index in [0.29, 0.717) is 4.47 Å². The zero-order valence-corrected chi connectivity index (χ0v) is 14.4. The van der Waals surface area contributed by atoms with Gasteiger partial charge in [-0.3, -0.25) is 9.63 Å². The summed E-state index contributed by atoms with van der Waals surface area (Å²) in [5, 5.41) is 2.30. The molecule has 0 aromatic heterocycles. The lowest BCUT2D eigenvalue weighted by atomic mass is 10.2.